The summed E-state index contributed by atoms with van der Waals surface area (Å²) in [5.41, 5.74) is 1.61. The molecule has 6 nitrogen and oxygen atoms in total. The molecule has 33 heavy (non-hydrogen) atoms. The predicted molar refractivity (Wildman–Crippen MR) is 132 cm³/mol. The molecule has 2 N–H and O–H groups in total. The second-order valence-corrected chi connectivity index (χ2v) is 9.08. The summed E-state index contributed by atoms with van der Waals surface area (Å²) in [6, 6.07) is 17.1. The Hall–Kier alpha value is -2.86. The maximum Gasteiger partial charge on any atom is 0.246 e. The maximum atomic E-state index is 13.5. The number of rotatable bonds is 9. The van der Waals surface area contributed by atoms with Crippen LogP contribution in [-0.2, 0) is 9.59 Å². The Morgan fingerprint density at radius 1 is 1.00 bits per heavy atom. The van der Waals surface area contributed by atoms with Crippen LogP contribution in [0, 0.1) is 11.8 Å². The van der Waals surface area contributed by atoms with Crippen LogP contribution in [0.4, 0.5) is 5.69 Å². The van der Waals surface area contributed by atoms with Gasteiger partial charge in [0.25, 0.3) is 0 Å². The molecule has 1 fully saturated rings. The quantitative estimate of drug-likeness (QED) is 0.583. The van der Waals surface area contributed by atoms with Gasteiger partial charge >= 0.3 is 0 Å². The molecule has 2 atom stereocenters. The normalized spacial score (nSPS) is 16.8. The number of nitrogens with one attached hydrogen (secondary N) is 2. The number of hydrogen-bond donors (Lipinski definition) is 2. The molecule has 0 aromatic heterocycles. The van der Waals surface area contributed by atoms with Crippen LogP contribution in [0.5, 0.6) is 5.75 Å². The smallest absolute Gasteiger partial charge is 0.246 e. The monoisotopic (exact) mass is 451 g/mol. The molecule has 2 amide bonds. The summed E-state index contributed by atoms with van der Waals surface area (Å²) in [6.45, 7) is 10.1. The van der Waals surface area contributed by atoms with Gasteiger partial charge in [-0.1, -0.05) is 56.3 Å². The zero-order chi connectivity index (χ0) is 23.8. The first-order valence-corrected chi connectivity index (χ1v) is 12.0. The highest BCUT2D eigenvalue weighted by Crippen LogP contribution is 2.30. The van der Waals surface area contributed by atoms with Crippen molar-refractivity contribution in [2.24, 2.45) is 11.8 Å². The topological polar surface area (TPSA) is 70.7 Å². The Bertz CT molecular complexity index is 908. The number of para-hydroxylation sites is 2. The van der Waals surface area contributed by atoms with Gasteiger partial charge in [-0.2, -0.15) is 0 Å². The average Bonchev–Trinajstić information content (AvgIpc) is 2.81. The molecule has 0 bridgehead atoms. The van der Waals surface area contributed by atoms with E-state index < -0.39 is 6.04 Å². The van der Waals surface area contributed by atoms with E-state index in [9.17, 15) is 9.59 Å². The molecule has 0 spiro atoms. The van der Waals surface area contributed by atoms with E-state index in [0.717, 1.165) is 18.4 Å². The van der Waals surface area contributed by atoms with Crippen molar-refractivity contribution in [1.82, 2.24) is 10.2 Å². The number of carbonyl (C=O) groups excluding carboxylic acids is 2. The van der Waals surface area contributed by atoms with Crippen molar-refractivity contribution in [1.29, 1.82) is 0 Å². The summed E-state index contributed by atoms with van der Waals surface area (Å²) >= 11 is 0. The van der Waals surface area contributed by atoms with E-state index >= 15 is 0 Å². The van der Waals surface area contributed by atoms with Crippen molar-refractivity contribution in [2.75, 3.05) is 25.0 Å². The van der Waals surface area contributed by atoms with E-state index in [4.69, 9.17) is 4.74 Å². The summed E-state index contributed by atoms with van der Waals surface area (Å²) in [6.07, 6.45) is 1.48. The minimum atomic E-state index is -0.431. The van der Waals surface area contributed by atoms with Crippen LogP contribution in [0.2, 0.25) is 0 Å². The van der Waals surface area contributed by atoms with Crippen molar-refractivity contribution in [3.63, 3.8) is 0 Å². The minimum absolute atomic E-state index is 0.0133. The lowest BCUT2D eigenvalue weighted by molar-refractivity contribution is -0.128. The van der Waals surface area contributed by atoms with Gasteiger partial charge in [-0.05, 0) is 63.4 Å². The summed E-state index contributed by atoms with van der Waals surface area (Å²) in [5.74, 6) is 1.09. The maximum absolute atomic E-state index is 13.5. The lowest BCUT2D eigenvalue weighted by atomic mass is 9.92. The van der Waals surface area contributed by atoms with Crippen molar-refractivity contribution < 1.29 is 14.3 Å². The van der Waals surface area contributed by atoms with Crippen LogP contribution in [0.25, 0.3) is 0 Å². The fourth-order valence-electron chi connectivity index (χ4n) is 4.14. The first-order valence-electron chi connectivity index (χ1n) is 12.0. The Kier molecular flexibility index (Phi) is 8.89. The summed E-state index contributed by atoms with van der Waals surface area (Å²) in [4.78, 5) is 28.4. The third-order valence-electron chi connectivity index (χ3n) is 6.44. The van der Waals surface area contributed by atoms with Gasteiger partial charge in [0, 0.05) is 12.0 Å². The van der Waals surface area contributed by atoms with Crippen LogP contribution in [0.15, 0.2) is 54.6 Å². The van der Waals surface area contributed by atoms with E-state index in [0.29, 0.717) is 37.1 Å². The molecule has 1 saturated heterocycles. The van der Waals surface area contributed by atoms with Crippen LogP contribution in [0.3, 0.4) is 0 Å². The largest absolute Gasteiger partial charge is 0.492 e. The average molecular weight is 452 g/mol. The highest BCUT2D eigenvalue weighted by Gasteiger charge is 2.33. The van der Waals surface area contributed by atoms with E-state index in [1.54, 1.807) is 0 Å². The lowest BCUT2D eigenvalue weighted by Crippen LogP contribution is -2.47. The van der Waals surface area contributed by atoms with Crippen LogP contribution in [0.1, 0.15) is 52.1 Å². The number of nitrogens with zero attached hydrogens (tertiary/aromatic N) is 1. The van der Waals surface area contributed by atoms with E-state index in [1.165, 1.54) is 0 Å². The van der Waals surface area contributed by atoms with Gasteiger partial charge in [-0.25, -0.2) is 0 Å². The minimum Gasteiger partial charge on any atom is -0.492 e. The molecule has 1 aliphatic rings. The Labute approximate surface area is 197 Å². The lowest BCUT2D eigenvalue weighted by Gasteiger charge is -2.37. The molecule has 2 aromatic rings. The molecule has 178 valence electrons. The zero-order valence-electron chi connectivity index (χ0n) is 20.2. The Morgan fingerprint density at radius 2 is 1.64 bits per heavy atom. The zero-order valence-corrected chi connectivity index (χ0v) is 20.2. The number of hydrogen-bond acceptors (Lipinski definition) is 4. The Balaban J connectivity index is 1.72. The number of benzene rings is 2. The fourth-order valence-corrected chi connectivity index (χ4v) is 4.14. The molecule has 1 heterocycles. The SMILES string of the molecule is CCOc1ccccc1NC(=O)C(c1ccccc1)N1CCC(C(=O)NC(C)C(C)C)CC1. The summed E-state index contributed by atoms with van der Waals surface area (Å²) in [5, 5.41) is 6.23. The van der Waals surface area contributed by atoms with Gasteiger partial charge in [0.15, 0.2) is 0 Å². The molecule has 1 aliphatic heterocycles. The number of ether oxygens (including phenoxy) is 1. The number of anilines is 1. The van der Waals surface area contributed by atoms with E-state index in [2.05, 4.69) is 29.4 Å². The van der Waals surface area contributed by atoms with Gasteiger partial charge in [0.05, 0.1) is 12.3 Å². The van der Waals surface area contributed by atoms with Gasteiger partial charge in [0.2, 0.25) is 11.8 Å². The fraction of sp³-hybridized carbons (Fsp3) is 0.481. The second-order valence-electron chi connectivity index (χ2n) is 9.08. The molecule has 6 heteroatoms. The molecular formula is C27H37N3O3. The van der Waals surface area contributed by atoms with Crippen molar-refractivity contribution >= 4 is 17.5 Å². The molecule has 2 aromatic carbocycles. The molecule has 3 rings (SSSR count). The number of carbonyl (C=O) groups is 2. The molecule has 0 saturated carbocycles. The molecule has 2 unspecified atom stereocenters. The highest BCUT2D eigenvalue weighted by molar-refractivity contribution is 5.96. The molecular weight excluding hydrogens is 414 g/mol. The summed E-state index contributed by atoms with van der Waals surface area (Å²) in [7, 11) is 0. The van der Waals surface area contributed by atoms with Gasteiger partial charge in [-0.15, -0.1) is 0 Å². The highest BCUT2D eigenvalue weighted by atomic mass is 16.5. The Morgan fingerprint density at radius 3 is 2.27 bits per heavy atom. The number of likely N-dealkylation sites (tertiary alicyclic amines) is 1. The van der Waals surface area contributed by atoms with Crippen LogP contribution in [-0.4, -0.2) is 42.5 Å². The second kappa shape index (κ2) is 11.8. The van der Waals surface area contributed by atoms with Crippen molar-refractivity contribution in [3.8, 4) is 5.75 Å². The van der Waals surface area contributed by atoms with Crippen molar-refractivity contribution in [2.45, 2.75) is 52.6 Å². The van der Waals surface area contributed by atoms with E-state index in [1.807, 2.05) is 68.4 Å². The van der Waals surface area contributed by atoms with Crippen molar-refractivity contribution in [3.05, 3.63) is 60.2 Å². The third kappa shape index (κ3) is 6.57. The molecule has 0 aliphatic carbocycles. The van der Waals surface area contributed by atoms with Crippen LogP contribution >= 0.6 is 0 Å². The number of piperidine rings is 1. The van der Waals surface area contributed by atoms with E-state index in [-0.39, 0.29) is 23.8 Å². The first-order chi connectivity index (χ1) is 15.9. The standard InChI is InChI=1S/C27H37N3O3/c1-5-33-24-14-10-9-13-23(24)29-27(32)25(21-11-7-6-8-12-21)30-17-15-22(16-18-30)26(31)28-20(4)19(2)3/h6-14,19-20,22,25H,5,15-18H2,1-4H3,(H,28,31)(H,29,32). The molecule has 0 radical (unpaired) electrons. The predicted octanol–water partition coefficient (Wildman–Crippen LogP) is 4.64. The van der Waals surface area contributed by atoms with Gasteiger partial charge in [-0.3, -0.25) is 14.5 Å². The first kappa shape index (κ1) is 24.8. The van der Waals surface area contributed by atoms with Gasteiger partial charge < -0.3 is 15.4 Å². The van der Waals surface area contributed by atoms with Crippen LogP contribution < -0.4 is 15.4 Å². The number of amides is 2. The third-order valence-corrected chi connectivity index (χ3v) is 6.44. The van der Waals surface area contributed by atoms with Gasteiger partial charge in [0.1, 0.15) is 11.8 Å². The summed E-state index contributed by atoms with van der Waals surface area (Å²) < 4.78 is 5.68.